The Morgan fingerprint density at radius 1 is 1.47 bits per heavy atom. The van der Waals surface area contributed by atoms with Gasteiger partial charge in [0.1, 0.15) is 0 Å². The normalized spacial score (nSPS) is 24.6. The maximum atomic E-state index is 5.36. The molecule has 0 spiro atoms. The Kier molecular flexibility index (Phi) is 2.04. The molecule has 1 atom stereocenters. The van der Waals surface area contributed by atoms with Crippen LogP contribution in [0, 0.1) is 0 Å². The van der Waals surface area contributed by atoms with Crippen molar-refractivity contribution in [3.8, 4) is 0 Å². The number of rotatable bonds is 3. The van der Waals surface area contributed by atoms with Crippen LogP contribution >= 0.6 is 11.8 Å². The van der Waals surface area contributed by atoms with Crippen LogP contribution in [0.2, 0.25) is 0 Å². The van der Waals surface area contributed by atoms with E-state index in [0.29, 0.717) is 0 Å². The summed E-state index contributed by atoms with van der Waals surface area (Å²) >= 11 is 1.84. The molecular weight excluding hydrogens is 206 g/mol. The first-order valence-corrected chi connectivity index (χ1v) is 6.08. The van der Waals surface area contributed by atoms with Gasteiger partial charge in [0.25, 0.3) is 0 Å². The zero-order chi connectivity index (χ0) is 10.3. The summed E-state index contributed by atoms with van der Waals surface area (Å²) in [5.74, 6) is 1.03. The Morgan fingerprint density at radius 2 is 2.27 bits per heavy atom. The van der Waals surface area contributed by atoms with Crippen molar-refractivity contribution >= 4 is 22.7 Å². The van der Waals surface area contributed by atoms with Gasteiger partial charge in [0.05, 0.1) is 17.2 Å². The Bertz CT molecular complexity index is 454. The second-order valence-electron chi connectivity index (χ2n) is 4.25. The van der Waals surface area contributed by atoms with Gasteiger partial charge in [-0.25, -0.2) is 0 Å². The number of hydrogen-bond donors (Lipinski definition) is 1. The van der Waals surface area contributed by atoms with Gasteiger partial charge in [0, 0.05) is 16.7 Å². The summed E-state index contributed by atoms with van der Waals surface area (Å²) < 4.78 is 5.36. The maximum Gasteiger partial charge on any atom is 0.0982 e. The largest absolute Gasteiger partial charge is 0.369 e. The molecule has 1 aliphatic rings. The van der Waals surface area contributed by atoms with Gasteiger partial charge in [0.15, 0.2) is 0 Å². The number of aromatic nitrogens is 1. The molecule has 0 bridgehead atoms. The number of nitrogens with one attached hydrogen (secondary N) is 1. The van der Waals surface area contributed by atoms with Crippen LogP contribution in [0.3, 0.4) is 0 Å². The summed E-state index contributed by atoms with van der Waals surface area (Å²) in [5, 5.41) is 2.51. The lowest BCUT2D eigenvalue weighted by molar-refractivity contribution is 0.348. The fourth-order valence-electron chi connectivity index (χ4n) is 1.56. The smallest absolute Gasteiger partial charge is 0.0982 e. The lowest BCUT2D eigenvalue weighted by Gasteiger charge is -2.01. The Labute approximate surface area is 93.0 Å². The summed E-state index contributed by atoms with van der Waals surface area (Å²) in [6.45, 7) is 3.06. The lowest BCUT2D eigenvalue weighted by Crippen LogP contribution is -2.07. The minimum atomic E-state index is 0.127. The van der Waals surface area contributed by atoms with Gasteiger partial charge >= 0.3 is 0 Å². The highest BCUT2D eigenvalue weighted by molar-refractivity contribution is 7.99. The first-order chi connectivity index (χ1) is 7.25. The average molecular weight is 219 g/mol. The van der Waals surface area contributed by atoms with Crippen LogP contribution < -0.4 is 0 Å². The molecule has 0 aliphatic carbocycles. The first-order valence-electron chi connectivity index (χ1n) is 5.10. The van der Waals surface area contributed by atoms with Crippen LogP contribution in [0.4, 0.5) is 0 Å². The Morgan fingerprint density at radius 3 is 3.00 bits per heavy atom. The highest BCUT2D eigenvalue weighted by Crippen LogP contribution is 2.33. The number of aromatic amines is 1. The minimum Gasteiger partial charge on any atom is -0.369 e. The fourth-order valence-corrected chi connectivity index (χ4v) is 2.58. The number of benzene rings is 1. The van der Waals surface area contributed by atoms with E-state index >= 15 is 0 Å². The summed E-state index contributed by atoms with van der Waals surface area (Å²) in [6, 6.07) is 10.6. The van der Waals surface area contributed by atoms with E-state index in [2.05, 4.69) is 42.2 Å². The van der Waals surface area contributed by atoms with Crippen LogP contribution in [-0.4, -0.2) is 22.9 Å². The van der Waals surface area contributed by atoms with Crippen molar-refractivity contribution in [1.82, 2.24) is 4.98 Å². The van der Waals surface area contributed by atoms with E-state index in [-0.39, 0.29) is 5.60 Å². The third kappa shape index (κ3) is 1.90. The molecule has 1 aliphatic heterocycles. The molecule has 1 aromatic heterocycles. The van der Waals surface area contributed by atoms with Crippen molar-refractivity contribution in [1.29, 1.82) is 0 Å². The molecule has 2 aromatic rings. The van der Waals surface area contributed by atoms with Crippen LogP contribution in [-0.2, 0) is 4.74 Å². The van der Waals surface area contributed by atoms with Crippen molar-refractivity contribution in [2.24, 2.45) is 0 Å². The SMILES string of the molecule is CC1(CSc2cc3ccccc3[nH]2)CO1. The van der Waals surface area contributed by atoms with Crippen LogP contribution in [0.25, 0.3) is 10.9 Å². The van der Waals surface area contributed by atoms with E-state index in [1.54, 1.807) is 0 Å². The predicted octanol–water partition coefficient (Wildman–Crippen LogP) is 3.05. The monoisotopic (exact) mass is 219 g/mol. The minimum absolute atomic E-state index is 0.127. The summed E-state index contributed by atoms with van der Waals surface area (Å²) in [7, 11) is 0. The summed E-state index contributed by atoms with van der Waals surface area (Å²) in [4.78, 5) is 3.40. The van der Waals surface area contributed by atoms with Crippen molar-refractivity contribution in [3.63, 3.8) is 0 Å². The fraction of sp³-hybridized carbons (Fsp3) is 0.333. The van der Waals surface area contributed by atoms with Crippen molar-refractivity contribution in [2.75, 3.05) is 12.4 Å². The Hall–Kier alpha value is -0.930. The van der Waals surface area contributed by atoms with Gasteiger partial charge in [0.2, 0.25) is 0 Å². The number of ether oxygens (including phenoxy) is 1. The van der Waals surface area contributed by atoms with Gasteiger partial charge in [-0.15, -0.1) is 11.8 Å². The molecule has 3 heteroatoms. The molecule has 1 unspecified atom stereocenters. The number of H-pyrrole nitrogens is 1. The van der Waals surface area contributed by atoms with Gasteiger partial charge in [-0.1, -0.05) is 18.2 Å². The number of thioether (sulfide) groups is 1. The molecule has 2 nitrogen and oxygen atoms in total. The molecule has 78 valence electrons. The van der Waals surface area contributed by atoms with Crippen LogP contribution in [0.5, 0.6) is 0 Å². The zero-order valence-corrected chi connectivity index (χ0v) is 9.43. The van der Waals surface area contributed by atoms with E-state index in [4.69, 9.17) is 4.74 Å². The predicted molar refractivity (Wildman–Crippen MR) is 63.4 cm³/mol. The van der Waals surface area contributed by atoms with Crippen molar-refractivity contribution < 1.29 is 4.74 Å². The molecule has 1 N–H and O–H groups in total. The second kappa shape index (κ2) is 3.29. The molecule has 0 radical (unpaired) electrons. The molecule has 15 heavy (non-hydrogen) atoms. The zero-order valence-electron chi connectivity index (χ0n) is 8.62. The third-order valence-electron chi connectivity index (χ3n) is 2.68. The summed E-state index contributed by atoms with van der Waals surface area (Å²) in [6.07, 6.45) is 0. The average Bonchev–Trinajstić information content (AvgIpc) is 2.83. The van der Waals surface area contributed by atoms with Gasteiger partial charge in [-0.05, 0) is 19.1 Å². The molecular formula is C12H13NOS. The van der Waals surface area contributed by atoms with Gasteiger partial charge < -0.3 is 9.72 Å². The quantitative estimate of drug-likeness (QED) is 0.635. The topological polar surface area (TPSA) is 28.3 Å². The third-order valence-corrected chi connectivity index (χ3v) is 3.96. The second-order valence-corrected chi connectivity index (χ2v) is 5.27. The number of hydrogen-bond acceptors (Lipinski definition) is 2. The number of epoxide rings is 1. The van der Waals surface area contributed by atoms with E-state index in [9.17, 15) is 0 Å². The van der Waals surface area contributed by atoms with E-state index in [1.165, 1.54) is 15.9 Å². The van der Waals surface area contributed by atoms with E-state index < -0.39 is 0 Å². The molecule has 1 saturated heterocycles. The van der Waals surface area contributed by atoms with Crippen LogP contribution in [0.1, 0.15) is 6.92 Å². The first kappa shape index (κ1) is 9.31. The maximum absolute atomic E-state index is 5.36. The summed E-state index contributed by atoms with van der Waals surface area (Å²) in [5.41, 5.74) is 1.34. The van der Waals surface area contributed by atoms with Gasteiger partial charge in [-0.3, -0.25) is 0 Å². The number of para-hydroxylation sites is 1. The molecule has 3 rings (SSSR count). The molecule has 0 saturated carbocycles. The molecule has 0 amide bonds. The van der Waals surface area contributed by atoms with Crippen LogP contribution in [0.15, 0.2) is 35.4 Å². The Balaban J connectivity index is 1.79. The van der Waals surface area contributed by atoms with Crippen molar-refractivity contribution in [3.05, 3.63) is 30.3 Å². The highest BCUT2D eigenvalue weighted by atomic mass is 32.2. The lowest BCUT2D eigenvalue weighted by atomic mass is 10.3. The molecule has 1 aromatic carbocycles. The molecule has 2 heterocycles. The standard InChI is InChI=1S/C12H13NOS/c1-12(7-14-12)8-15-11-6-9-4-2-3-5-10(9)13-11/h2-6,13H,7-8H2,1H3. The molecule has 1 fully saturated rings. The van der Waals surface area contributed by atoms with E-state index in [0.717, 1.165) is 12.4 Å². The van der Waals surface area contributed by atoms with Crippen molar-refractivity contribution in [2.45, 2.75) is 17.6 Å². The van der Waals surface area contributed by atoms with E-state index in [1.807, 2.05) is 11.8 Å². The highest BCUT2D eigenvalue weighted by Gasteiger charge is 2.39. The number of fused-ring (bicyclic) bond motifs is 1. The van der Waals surface area contributed by atoms with Gasteiger partial charge in [-0.2, -0.15) is 0 Å².